The highest BCUT2D eigenvalue weighted by molar-refractivity contribution is 9.10. The molecule has 0 aliphatic heterocycles. The fourth-order valence-electron chi connectivity index (χ4n) is 4.48. The predicted molar refractivity (Wildman–Crippen MR) is 148 cm³/mol. The highest BCUT2D eigenvalue weighted by Crippen LogP contribution is 2.33. The molecule has 37 heavy (non-hydrogen) atoms. The molecule has 4 aromatic rings. The van der Waals surface area contributed by atoms with Gasteiger partial charge in [0.1, 0.15) is 5.82 Å². The number of benzene rings is 3. The van der Waals surface area contributed by atoms with Gasteiger partial charge in [0.15, 0.2) is 0 Å². The van der Waals surface area contributed by atoms with Crippen molar-refractivity contribution in [2.75, 3.05) is 6.54 Å². The Kier molecular flexibility index (Phi) is 8.25. The number of fused-ring (bicyclic) bond motifs is 1. The Labute approximate surface area is 227 Å². The van der Waals surface area contributed by atoms with Gasteiger partial charge in [0.05, 0.1) is 22.7 Å². The topological polar surface area (TPSA) is 79.3 Å². The lowest BCUT2D eigenvalue weighted by atomic mass is 9.89. The summed E-state index contributed by atoms with van der Waals surface area (Å²) in [4.78, 5) is 30.1. The summed E-state index contributed by atoms with van der Waals surface area (Å²) in [6.45, 7) is 3.52. The van der Waals surface area contributed by atoms with Crippen LogP contribution in [0.2, 0.25) is 5.02 Å². The third-order valence-electron chi connectivity index (χ3n) is 6.43. The van der Waals surface area contributed by atoms with Gasteiger partial charge < -0.3 is 10.4 Å². The minimum Gasteiger partial charge on any atom is -0.481 e. The van der Waals surface area contributed by atoms with Crippen molar-refractivity contribution in [2.24, 2.45) is 5.92 Å². The molecule has 2 unspecified atom stereocenters. The second kappa shape index (κ2) is 11.4. The van der Waals surface area contributed by atoms with Crippen molar-refractivity contribution in [1.82, 2.24) is 10.3 Å². The Morgan fingerprint density at radius 1 is 1.11 bits per heavy atom. The van der Waals surface area contributed by atoms with E-state index < -0.39 is 23.6 Å². The molecule has 2 N–H and O–H groups in total. The SMILES string of the molecule is Cc1c(-c2ccccc2)nc2ccc(Br)cc2c1C(=O)NCC(CC(C)C(=O)O)c1cc(F)ccc1Cl. The summed E-state index contributed by atoms with van der Waals surface area (Å²) in [6, 6.07) is 19.2. The van der Waals surface area contributed by atoms with Crippen LogP contribution in [-0.4, -0.2) is 28.5 Å². The van der Waals surface area contributed by atoms with Crippen molar-refractivity contribution < 1.29 is 19.1 Å². The first-order chi connectivity index (χ1) is 17.7. The normalized spacial score (nSPS) is 12.8. The van der Waals surface area contributed by atoms with Gasteiger partial charge in [-0.25, -0.2) is 9.37 Å². The molecule has 1 amide bonds. The first-order valence-corrected chi connectivity index (χ1v) is 12.9. The third kappa shape index (κ3) is 6.00. The van der Waals surface area contributed by atoms with E-state index in [0.29, 0.717) is 38.3 Å². The number of carbonyl (C=O) groups excluding carboxylic acids is 1. The number of aromatic nitrogens is 1. The summed E-state index contributed by atoms with van der Waals surface area (Å²) in [5, 5.41) is 13.4. The molecule has 0 saturated carbocycles. The molecular weight excluding hydrogens is 559 g/mol. The monoisotopic (exact) mass is 582 g/mol. The molecule has 8 heteroatoms. The molecule has 0 bridgehead atoms. The summed E-state index contributed by atoms with van der Waals surface area (Å²) in [7, 11) is 0. The summed E-state index contributed by atoms with van der Waals surface area (Å²) in [6.07, 6.45) is 0.176. The number of halogens is 3. The quantitative estimate of drug-likeness (QED) is 0.227. The molecule has 190 valence electrons. The van der Waals surface area contributed by atoms with Gasteiger partial charge in [-0.05, 0) is 60.9 Å². The molecule has 3 aromatic carbocycles. The minimum atomic E-state index is -0.975. The van der Waals surface area contributed by atoms with Crippen LogP contribution in [0.15, 0.2) is 71.2 Å². The van der Waals surface area contributed by atoms with E-state index in [0.717, 1.165) is 10.0 Å². The molecule has 0 fully saturated rings. The van der Waals surface area contributed by atoms with E-state index in [1.807, 2.05) is 55.5 Å². The number of pyridine rings is 1. The van der Waals surface area contributed by atoms with E-state index in [2.05, 4.69) is 21.2 Å². The average molecular weight is 584 g/mol. The molecule has 0 spiro atoms. The maximum Gasteiger partial charge on any atom is 0.306 e. The Morgan fingerprint density at radius 3 is 2.54 bits per heavy atom. The van der Waals surface area contributed by atoms with E-state index in [1.54, 1.807) is 6.92 Å². The zero-order valence-electron chi connectivity index (χ0n) is 20.3. The number of nitrogens with zero attached hydrogens (tertiary/aromatic N) is 1. The Balaban J connectivity index is 1.74. The largest absolute Gasteiger partial charge is 0.481 e. The standard InChI is InChI=1S/C29H25BrClFN2O3/c1-16(29(36)37)12-19(22-14-21(32)9-10-24(22)31)15-33-28(35)26-17(2)27(18-6-4-3-5-7-18)34-25-11-8-20(30)13-23(25)26/h3-11,13-14,16,19H,12,15H2,1-2H3,(H,33,35)(H,36,37). The van der Waals surface area contributed by atoms with Crippen LogP contribution in [0, 0.1) is 18.7 Å². The van der Waals surface area contributed by atoms with E-state index in [9.17, 15) is 19.1 Å². The second-order valence-corrected chi connectivity index (χ2v) is 10.4. The van der Waals surface area contributed by atoms with Crippen molar-refractivity contribution in [1.29, 1.82) is 0 Å². The van der Waals surface area contributed by atoms with Crippen LogP contribution in [0.25, 0.3) is 22.2 Å². The molecule has 0 saturated heterocycles. The number of amides is 1. The van der Waals surface area contributed by atoms with Gasteiger partial charge in [-0.2, -0.15) is 0 Å². The number of carbonyl (C=O) groups is 2. The van der Waals surface area contributed by atoms with Gasteiger partial charge in [0.25, 0.3) is 5.91 Å². The van der Waals surface area contributed by atoms with Crippen LogP contribution >= 0.6 is 27.5 Å². The van der Waals surface area contributed by atoms with Gasteiger partial charge in [0, 0.05) is 32.9 Å². The number of nitrogens with one attached hydrogen (secondary N) is 1. The van der Waals surface area contributed by atoms with Crippen LogP contribution < -0.4 is 5.32 Å². The number of hydrogen-bond donors (Lipinski definition) is 2. The average Bonchev–Trinajstić information content (AvgIpc) is 2.87. The fourth-order valence-corrected chi connectivity index (χ4v) is 5.11. The lowest BCUT2D eigenvalue weighted by Gasteiger charge is -2.22. The van der Waals surface area contributed by atoms with Crippen molar-refractivity contribution in [3.63, 3.8) is 0 Å². The van der Waals surface area contributed by atoms with Gasteiger partial charge in [-0.3, -0.25) is 9.59 Å². The predicted octanol–water partition coefficient (Wildman–Crippen LogP) is 7.39. The Bertz CT molecular complexity index is 1480. The van der Waals surface area contributed by atoms with Crippen molar-refractivity contribution >= 4 is 50.3 Å². The van der Waals surface area contributed by atoms with E-state index >= 15 is 0 Å². The summed E-state index contributed by atoms with van der Waals surface area (Å²) < 4.78 is 14.9. The smallest absolute Gasteiger partial charge is 0.306 e. The Hall–Kier alpha value is -3.29. The summed E-state index contributed by atoms with van der Waals surface area (Å²) >= 11 is 9.84. The van der Waals surface area contributed by atoms with Crippen molar-refractivity contribution in [2.45, 2.75) is 26.2 Å². The van der Waals surface area contributed by atoms with Gasteiger partial charge in [0.2, 0.25) is 0 Å². The van der Waals surface area contributed by atoms with Crippen LogP contribution in [-0.2, 0) is 4.79 Å². The van der Waals surface area contributed by atoms with E-state index in [1.165, 1.54) is 18.2 Å². The highest BCUT2D eigenvalue weighted by atomic mass is 79.9. The number of carboxylic acids is 1. The first-order valence-electron chi connectivity index (χ1n) is 11.8. The molecule has 1 heterocycles. The zero-order chi connectivity index (χ0) is 26.7. The third-order valence-corrected chi connectivity index (χ3v) is 7.27. The van der Waals surface area contributed by atoms with Crippen molar-refractivity contribution in [3.05, 3.63) is 98.7 Å². The maximum atomic E-state index is 14.1. The second-order valence-electron chi connectivity index (χ2n) is 9.04. The molecule has 2 atom stereocenters. The van der Waals surface area contributed by atoms with Gasteiger partial charge in [-0.15, -0.1) is 0 Å². The molecule has 0 aliphatic carbocycles. The molecular formula is C29H25BrClFN2O3. The van der Waals surface area contributed by atoms with E-state index in [4.69, 9.17) is 16.6 Å². The van der Waals surface area contributed by atoms with E-state index in [-0.39, 0.29) is 18.9 Å². The molecule has 1 aromatic heterocycles. The fraction of sp³-hybridized carbons (Fsp3) is 0.207. The molecule has 0 radical (unpaired) electrons. The maximum absolute atomic E-state index is 14.1. The lowest BCUT2D eigenvalue weighted by molar-refractivity contribution is -0.141. The number of hydrogen-bond acceptors (Lipinski definition) is 3. The summed E-state index contributed by atoms with van der Waals surface area (Å²) in [5.74, 6) is -3.01. The van der Waals surface area contributed by atoms with Gasteiger partial charge in [-0.1, -0.05) is 64.8 Å². The minimum absolute atomic E-state index is 0.0809. The highest BCUT2D eigenvalue weighted by Gasteiger charge is 2.25. The Morgan fingerprint density at radius 2 is 1.84 bits per heavy atom. The van der Waals surface area contributed by atoms with Crippen LogP contribution in [0.3, 0.4) is 0 Å². The van der Waals surface area contributed by atoms with Crippen LogP contribution in [0.4, 0.5) is 4.39 Å². The van der Waals surface area contributed by atoms with Crippen LogP contribution in [0.5, 0.6) is 0 Å². The number of rotatable bonds is 8. The number of aliphatic carboxylic acids is 1. The molecule has 0 aliphatic rings. The number of carboxylic acid groups (broad SMARTS) is 1. The van der Waals surface area contributed by atoms with Gasteiger partial charge >= 0.3 is 5.97 Å². The zero-order valence-corrected chi connectivity index (χ0v) is 22.6. The summed E-state index contributed by atoms with van der Waals surface area (Å²) in [5.41, 5.74) is 3.90. The molecule has 4 rings (SSSR count). The lowest BCUT2D eigenvalue weighted by Crippen LogP contribution is -2.31. The van der Waals surface area contributed by atoms with Crippen molar-refractivity contribution in [3.8, 4) is 11.3 Å². The van der Waals surface area contributed by atoms with Crippen LogP contribution in [0.1, 0.15) is 40.7 Å². The first kappa shape index (κ1) is 26.8. The molecule has 5 nitrogen and oxygen atoms in total.